The number of rotatable bonds is 6. The summed E-state index contributed by atoms with van der Waals surface area (Å²) in [7, 11) is 0. The Morgan fingerprint density at radius 3 is 2.78 bits per heavy atom. The van der Waals surface area contributed by atoms with Crippen LogP contribution in [0.2, 0.25) is 0 Å². The minimum atomic E-state index is 0.0888. The van der Waals surface area contributed by atoms with E-state index in [1.54, 1.807) is 0 Å². The van der Waals surface area contributed by atoms with Gasteiger partial charge in [0.25, 0.3) is 0 Å². The van der Waals surface area contributed by atoms with E-state index in [0.29, 0.717) is 12.6 Å². The Morgan fingerprint density at radius 1 is 1.35 bits per heavy atom. The van der Waals surface area contributed by atoms with Gasteiger partial charge in [0.1, 0.15) is 0 Å². The molecule has 0 spiro atoms. The first-order valence-corrected chi connectivity index (χ1v) is 8.65. The fourth-order valence-corrected chi connectivity index (χ4v) is 2.98. The fourth-order valence-electron chi connectivity index (χ4n) is 2.98. The van der Waals surface area contributed by atoms with E-state index in [4.69, 9.17) is 5.11 Å². The number of aliphatic hydroxyl groups excluding tert-OH is 1. The predicted octanol–water partition coefficient (Wildman–Crippen LogP) is 1.51. The number of benzene rings is 1. The Balaban J connectivity index is 1.78. The van der Waals surface area contributed by atoms with Gasteiger partial charge in [0, 0.05) is 32.2 Å². The van der Waals surface area contributed by atoms with Gasteiger partial charge in [-0.3, -0.25) is 9.89 Å². The number of likely N-dealkylation sites (tertiary alicyclic amines) is 1. The summed E-state index contributed by atoms with van der Waals surface area (Å²) in [6, 6.07) is 9.23. The van der Waals surface area contributed by atoms with Crippen LogP contribution in [0.1, 0.15) is 30.9 Å². The molecular formula is C18H30N4O. The average Bonchev–Trinajstić information content (AvgIpc) is 2.55. The largest absolute Gasteiger partial charge is 0.394 e. The topological polar surface area (TPSA) is 59.9 Å². The SMILES string of the molecule is CCNC(=NCCO)NC1CCN(Cc2cccc(C)c2)CC1. The van der Waals surface area contributed by atoms with E-state index in [0.717, 1.165) is 45.0 Å². The first-order chi connectivity index (χ1) is 11.2. The quantitative estimate of drug-likeness (QED) is 0.550. The molecule has 0 aromatic heterocycles. The van der Waals surface area contributed by atoms with Crippen LogP contribution in [-0.2, 0) is 6.54 Å². The van der Waals surface area contributed by atoms with Crippen LogP contribution in [0.15, 0.2) is 29.3 Å². The average molecular weight is 318 g/mol. The number of aryl methyl sites for hydroxylation is 1. The molecule has 0 atom stereocenters. The third-order valence-electron chi connectivity index (χ3n) is 4.13. The summed E-state index contributed by atoms with van der Waals surface area (Å²) >= 11 is 0. The summed E-state index contributed by atoms with van der Waals surface area (Å²) in [4.78, 5) is 6.87. The Labute approximate surface area is 139 Å². The highest BCUT2D eigenvalue weighted by molar-refractivity contribution is 5.80. The first-order valence-electron chi connectivity index (χ1n) is 8.65. The standard InChI is InChI=1S/C18H30N4O/c1-3-19-18(20-9-12-23)21-17-7-10-22(11-8-17)14-16-6-4-5-15(2)13-16/h4-6,13,17,23H,3,7-12,14H2,1-2H3,(H2,19,20,21). The van der Waals surface area contributed by atoms with Crippen LogP contribution in [0.4, 0.5) is 0 Å². The van der Waals surface area contributed by atoms with E-state index < -0.39 is 0 Å². The number of guanidine groups is 1. The van der Waals surface area contributed by atoms with Gasteiger partial charge in [-0.05, 0) is 32.3 Å². The molecule has 0 unspecified atom stereocenters. The number of nitrogens with zero attached hydrogens (tertiary/aromatic N) is 2. The summed E-state index contributed by atoms with van der Waals surface area (Å²) in [5.74, 6) is 0.818. The van der Waals surface area contributed by atoms with Gasteiger partial charge in [-0.1, -0.05) is 29.8 Å². The van der Waals surface area contributed by atoms with Crippen LogP contribution in [0.3, 0.4) is 0 Å². The third kappa shape index (κ3) is 6.20. The molecule has 0 amide bonds. The number of aliphatic hydroxyl groups is 1. The van der Waals surface area contributed by atoms with E-state index in [1.165, 1.54) is 11.1 Å². The first kappa shape index (κ1) is 17.8. The lowest BCUT2D eigenvalue weighted by Crippen LogP contribution is -2.48. The molecule has 0 saturated carbocycles. The minimum absolute atomic E-state index is 0.0888. The lowest BCUT2D eigenvalue weighted by molar-refractivity contribution is 0.198. The molecule has 1 heterocycles. The third-order valence-corrected chi connectivity index (χ3v) is 4.13. The second kappa shape index (κ2) is 9.53. The minimum Gasteiger partial charge on any atom is -0.394 e. The zero-order chi connectivity index (χ0) is 16.5. The molecule has 1 fully saturated rings. The molecule has 2 rings (SSSR count). The van der Waals surface area contributed by atoms with E-state index in [-0.39, 0.29) is 6.61 Å². The van der Waals surface area contributed by atoms with Gasteiger partial charge in [0.05, 0.1) is 13.2 Å². The Hall–Kier alpha value is -1.59. The molecule has 1 aliphatic heterocycles. The zero-order valence-corrected chi connectivity index (χ0v) is 14.4. The van der Waals surface area contributed by atoms with Crippen LogP contribution in [0.5, 0.6) is 0 Å². The lowest BCUT2D eigenvalue weighted by Gasteiger charge is -2.33. The zero-order valence-electron chi connectivity index (χ0n) is 14.4. The van der Waals surface area contributed by atoms with Crippen molar-refractivity contribution in [1.29, 1.82) is 0 Å². The molecule has 23 heavy (non-hydrogen) atoms. The lowest BCUT2D eigenvalue weighted by atomic mass is 10.0. The number of hydrogen-bond acceptors (Lipinski definition) is 3. The summed E-state index contributed by atoms with van der Waals surface area (Å²) in [6.45, 7) is 8.81. The van der Waals surface area contributed by atoms with Crippen molar-refractivity contribution in [2.45, 2.75) is 39.3 Å². The second-order valence-corrected chi connectivity index (χ2v) is 6.17. The van der Waals surface area contributed by atoms with Crippen molar-refractivity contribution in [1.82, 2.24) is 15.5 Å². The van der Waals surface area contributed by atoms with Gasteiger partial charge in [-0.15, -0.1) is 0 Å². The van der Waals surface area contributed by atoms with E-state index in [2.05, 4.69) is 58.6 Å². The molecule has 3 N–H and O–H groups in total. The molecule has 1 aromatic carbocycles. The van der Waals surface area contributed by atoms with Gasteiger partial charge in [0.2, 0.25) is 0 Å². The highest BCUT2D eigenvalue weighted by atomic mass is 16.3. The van der Waals surface area contributed by atoms with Crippen LogP contribution in [-0.4, -0.2) is 54.8 Å². The molecular weight excluding hydrogens is 288 g/mol. The van der Waals surface area contributed by atoms with Crippen molar-refractivity contribution in [3.05, 3.63) is 35.4 Å². The summed E-state index contributed by atoms with van der Waals surface area (Å²) in [5, 5.41) is 15.6. The van der Waals surface area contributed by atoms with Crippen LogP contribution in [0.25, 0.3) is 0 Å². The molecule has 0 aliphatic carbocycles. The molecule has 1 aromatic rings. The van der Waals surface area contributed by atoms with Crippen LogP contribution >= 0.6 is 0 Å². The Kier molecular flexibility index (Phi) is 7.36. The molecule has 1 aliphatic rings. The van der Waals surface area contributed by atoms with Crippen LogP contribution in [0, 0.1) is 6.92 Å². The maximum absolute atomic E-state index is 8.91. The summed E-state index contributed by atoms with van der Waals surface area (Å²) < 4.78 is 0. The van der Waals surface area contributed by atoms with Crippen molar-refractivity contribution in [2.24, 2.45) is 4.99 Å². The van der Waals surface area contributed by atoms with E-state index in [9.17, 15) is 0 Å². The molecule has 1 saturated heterocycles. The van der Waals surface area contributed by atoms with Gasteiger partial charge in [-0.25, -0.2) is 0 Å². The van der Waals surface area contributed by atoms with E-state index in [1.807, 2.05) is 0 Å². The molecule has 128 valence electrons. The molecule has 0 radical (unpaired) electrons. The van der Waals surface area contributed by atoms with Crippen molar-refractivity contribution >= 4 is 5.96 Å². The molecule has 0 bridgehead atoms. The number of hydrogen-bond donors (Lipinski definition) is 3. The monoisotopic (exact) mass is 318 g/mol. The maximum Gasteiger partial charge on any atom is 0.191 e. The van der Waals surface area contributed by atoms with Gasteiger partial charge in [-0.2, -0.15) is 0 Å². The highest BCUT2D eigenvalue weighted by Crippen LogP contribution is 2.14. The predicted molar refractivity (Wildman–Crippen MR) is 95.7 cm³/mol. The van der Waals surface area contributed by atoms with Crippen LogP contribution < -0.4 is 10.6 Å². The molecule has 5 nitrogen and oxygen atoms in total. The fraction of sp³-hybridized carbons (Fsp3) is 0.611. The summed E-state index contributed by atoms with van der Waals surface area (Å²) in [6.07, 6.45) is 2.24. The second-order valence-electron chi connectivity index (χ2n) is 6.17. The normalized spacial score (nSPS) is 17.3. The highest BCUT2D eigenvalue weighted by Gasteiger charge is 2.20. The van der Waals surface area contributed by atoms with Crippen molar-refractivity contribution in [3.8, 4) is 0 Å². The van der Waals surface area contributed by atoms with Crippen molar-refractivity contribution < 1.29 is 5.11 Å². The summed E-state index contributed by atoms with van der Waals surface area (Å²) in [5.41, 5.74) is 2.73. The number of aliphatic imine (C=N–C) groups is 1. The number of piperidine rings is 1. The van der Waals surface area contributed by atoms with Crippen molar-refractivity contribution in [2.75, 3.05) is 32.8 Å². The van der Waals surface area contributed by atoms with Gasteiger partial charge >= 0.3 is 0 Å². The number of nitrogens with one attached hydrogen (secondary N) is 2. The maximum atomic E-state index is 8.91. The van der Waals surface area contributed by atoms with E-state index >= 15 is 0 Å². The van der Waals surface area contributed by atoms with Crippen molar-refractivity contribution in [3.63, 3.8) is 0 Å². The molecule has 5 heteroatoms. The Morgan fingerprint density at radius 2 is 2.13 bits per heavy atom. The smallest absolute Gasteiger partial charge is 0.191 e. The van der Waals surface area contributed by atoms with Gasteiger partial charge < -0.3 is 15.7 Å². The van der Waals surface area contributed by atoms with Gasteiger partial charge in [0.15, 0.2) is 5.96 Å². The Bertz CT molecular complexity index is 496.